The van der Waals surface area contributed by atoms with Gasteiger partial charge in [0.1, 0.15) is 11.7 Å². The summed E-state index contributed by atoms with van der Waals surface area (Å²) < 4.78 is 5.68. The van der Waals surface area contributed by atoms with Crippen molar-refractivity contribution in [2.24, 2.45) is 5.73 Å². The number of primary amides is 1. The predicted molar refractivity (Wildman–Crippen MR) is 85.0 cm³/mol. The zero-order valence-electron chi connectivity index (χ0n) is 12.9. The van der Waals surface area contributed by atoms with Crippen molar-refractivity contribution < 1.29 is 14.0 Å². The van der Waals surface area contributed by atoms with Gasteiger partial charge in [-0.15, -0.1) is 21.5 Å². The molecule has 9 nitrogen and oxygen atoms in total. The highest BCUT2D eigenvalue weighted by molar-refractivity contribution is 7.07. The zero-order chi connectivity index (χ0) is 16.9. The first-order valence-corrected chi connectivity index (χ1v) is 8.62. The summed E-state index contributed by atoms with van der Waals surface area (Å²) in [5, 5.41) is 15.6. The smallest absolute Gasteiger partial charge is 0.271 e. The van der Waals surface area contributed by atoms with E-state index in [4.69, 9.17) is 10.2 Å². The third kappa shape index (κ3) is 3.95. The van der Waals surface area contributed by atoms with Crippen LogP contribution in [0.2, 0.25) is 0 Å². The molecule has 2 atom stereocenters. The molecule has 0 bridgehead atoms. The Morgan fingerprint density at radius 2 is 2.33 bits per heavy atom. The van der Waals surface area contributed by atoms with Gasteiger partial charge in [-0.3, -0.25) is 9.59 Å². The Labute approximate surface area is 142 Å². The fourth-order valence-electron chi connectivity index (χ4n) is 2.55. The Balaban J connectivity index is 1.74. The lowest BCUT2D eigenvalue weighted by Gasteiger charge is -2.19. The summed E-state index contributed by atoms with van der Waals surface area (Å²) in [7, 11) is 0. The highest BCUT2D eigenvalue weighted by Gasteiger charge is 2.27. The lowest BCUT2D eigenvalue weighted by atomic mass is 10.1. The Morgan fingerprint density at radius 3 is 3.00 bits per heavy atom. The molecule has 0 saturated carbocycles. The summed E-state index contributed by atoms with van der Waals surface area (Å²) in [5.41, 5.74) is 7.09. The number of nitrogens with zero attached hydrogens (tertiary/aromatic N) is 3. The summed E-state index contributed by atoms with van der Waals surface area (Å²) in [5.74, 6) is -0.367. The fraction of sp³-hybridized carbons (Fsp3) is 0.500. The molecule has 1 fully saturated rings. The summed E-state index contributed by atoms with van der Waals surface area (Å²) in [6.45, 7) is 0.896. The number of piperidine rings is 1. The molecule has 3 heterocycles. The second-order valence-electron chi connectivity index (χ2n) is 5.55. The summed E-state index contributed by atoms with van der Waals surface area (Å²) in [6.07, 6.45) is 2.98. The van der Waals surface area contributed by atoms with Crippen molar-refractivity contribution >= 4 is 23.2 Å². The number of rotatable bonds is 6. The van der Waals surface area contributed by atoms with Gasteiger partial charge in [-0.1, -0.05) is 6.42 Å². The maximum Gasteiger partial charge on any atom is 0.271 e. The van der Waals surface area contributed by atoms with Gasteiger partial charge in [0, 0.05) is 5.38 Å². The maximum absolute atomic E-state index is 12.2. The number of amides is 2. The fourth-order valence-corrected chi connectivity index (χ4v) is 3.08. The van der Waals surface area contributed by atoms with E-state index in [2.05, 4.69) is 25.8 Å². The van der Waals surface area contributed by atoms with E-state index >= 15 is 0 Å². The van der Waals surface area contributed by atoms with Gasteiger partial charge in [-0.2, -0.15) is 0 Å². The Morgan fingerprint density at radius 1 is 1.46 bits per heavy atom. The zero-order valence-corrected chi connectivity index (χ0v) is 13.7. The van der Waals surface area contributed by atoms with Crippen molar-refractivity contribution in [2.45, 2.75) is 37.8 Å². The van der Waals surface area contributed by atoms with Crippen LogP contribution in [0.3, 0.4) is 0 Å². The second-order valence-corrected chi connectivity index (χ2v) is 6.27. The number of carbonyl (C=O) groups is 2. The number of carbonyl (C=O) groups excluding carboxylic acids is 2. The summed E-state index contributed by atoms with van der Waals surface area (Å²) in [6, 6.07) is -0.773. The molecule has 0 radical (unpaired) electrons. The summed E-state index contributed by atoms with van der Waals surface area (Å²) >= 11 is 1.30. The van der Waals surface area contributed by atoms with Crippen molar-refractivity contribution in [1.82, 2.24) is 25.8 Å². The molecule has 3 rings (SSSR count). The minimum Gasteiger partial charge on any atom is -0.421 e. The van der Waals surface area contributed by atoms with Gasteiger partial charge in [-0.05, 0) is 19.4 Å². The number of nitrogens with two attached hydrogens (primary N) is 1. The largest absolute Gasteiger partial charge is 0.421 e. The Kier molecular flexibility index (Phi) is 5.16. The van der Waals surface area contributed by atoms with Gasteiger partial charge in [0.15, 0.2) is 0 Å². The Bertz CT molecular complexity index is 695. The lowest BCUT2D eigenvalue weighted by Crippen LogP contribution is -2.32. The molecule has 1 saturated heterocycles. The van der Waals surface area contributed by atoms with Crippen molar-refractivity contribution in [3.05, 3.63) is 28.4 Å². The SMILES string of the molecule is NC(=O)C[C@H](NC(=O)c1cscn1)c1nnc(C2CCCCN2)o1. The maximum atomic E-state index is 12.2. The number of nitrogens with one attached hydrogen (secondary N) is 2. The van der Waals surface area contributed by atoms with Crippen LogP contribution >= 0.6 is 11.3 Å². The van der Waals surface area contributed by atoms with E-state index in [1.54, 1.807) is 10.9 Å². The average molecular weight is 350 g/mol. The molecule has 1 aliphatic heterocycles. The van der Waals surface area contributed by atoms with Crippen molar-refractivity contribution in [2.75, 3.05) is 6.54 Å². The number of hydrogen-bond acceptors (Lipinski definition) is 8. The first-order valence-electron chi connectivity index (χ1n) is 7.67. The van der Waals surface area contributed by atoms with Gasteiger partial charge in [0.25, 0.3) is 5.91 Å². The van der Waals surface area contributed by atoms with Crippen LogP contribution in [0.1, 0.15) is 60.0 Å². The molecule has 10 heteroatoms. The monoisotopic (exact) mass is 350 g/mol. The molecular weight excluding hydrogens is 332 g/mol. The molecule has 24 heavy (non-hydrogen) atoms. The van der Waals surface area contributed by atoms with Gasteiger partial charge < -0.3 is 20.8 Å². The third-order valence-corrected chi connectivity index (χ3v) is 4.32. The van der Waals surface area contributed by atoms with Gasteiger partial charge in [0.05, 0.1) is 18.0 Å². The molecule has 128 valence electrons. The number of aromatic nitrogens is 3. The van der Waals surface area contributed by atoms with E-state index in [-0.39, 0.29) is 24.0 Å². The highest BCUT2D eigenvalue weighted by atomic mass is 32.1. The van der Waals surface area contributed by atoms with Crippen molar-refractivity contribution in [3.63, 3.8) is 0 Å². The average Bonchev–Trinajstić information content (AvgIpc) is 3.26. The van der Waals surface area contributed by atoms with E-state index in [1.807, 2.05) is 0 Å². The normalized spacial score (nSPS) is 18.9. The first kappa shape index (κ1) is 16.5. The standard InChI is InChI=1S/C14H18N6O3S/c15-11(21)5-9(18-12(22)10-6-24-7-17-10)14-20-19-13(23-14)8-3-1-2-4-16-8/h6-9,16H,1-5H2,(H2,15,21)(H,18,22)/t8?,9-/m0/s1. The number of hydrogen-bond donors (Lipinski definition) is 3. The minimum absolute atomic E-state index is 0.00321. The van der Waals surface area contributed by atoms with Crippen LogP contribution in [0, 0.1) is 0 Å². The van der Waals surface area contributed by atoms with Crippen LogP contribution in [0.15, 0.2) is 15.3 Å². The van der Waals surface area contributed by atoms with E-state index in [1.165, 1.54) is 11.3 Å². The molecule has 0 spiro atoms. The number of thiazole rings is 1. The topological polar surface area (TPSA) is 136 Å². The molecular formula is C14H18N6O3S. The Hall–Kier alpha value is -2.33. The highest BCUT2D eigenvalue weighted by Crippen LogP contribution is 2.24. The van der Waals surface area contributed by atoms with Crippen LogP contribution in [-0.4, -0.2) is 33.5 Å². The van der Waals surface area contributed by atoms with Crippen LogP contribution < -0.4 is 16.4 Å². The molecule has 2 aromatic heterocycles. The van der Waals surface area contributed by atoms with Gasteiger partial charge in [0.2, 0.25) is 17.7 Å². The quantitative estimate of drug-likeness (QED) is 0.697. The molecule has 1 aliphatic rings. The molecule has 4 N–H and O–H groups in total. The molecule has 0 aromatic carbocycles. The van der Waals surface area contributed by atoms with Crippen molar-refractivity contribution in [3.8, 4) is 0 Å². The lowest BCUT2D eigenvalue weighted by molar-refractivity contribution is -0.118. The van der Waals surface area contributed by atoms with E-state index in [0.717, 1.165) is 25.8 Å². The molecule has 0 aliphatic carbocycles. The van der Waals surface area contributed by atoms with E-state index < -0.39 is 17.9 Å². The third-order valence-electron chi connectivity index (χ3n) is 3.74. The van der Waals surface area contributed by atoms with E-state index in [9.17, 15) is 9.59 Å². The van der Waals surface area contributed by atoms with E-state index in [0.29, 0.717) is 5.89 Å². The van der Waals surface area contributed by atoms with Crippen molar-refractivity contribution in [1.29, 1.82) is 0 Å². The second kappa shape index (κ2) is 7.49. The van der Waals surface area contributed by atoms with Gasteiger partial charge >= 0.3 is 0 Å². The van der Waals surface area contributed by atoms with Crippen LogP contribution in [-0.2, 0) is 4.79 Å². The van der Waals surface area contributed by atoms with Crippen LogP contribution in [0.4, 0.5) is 0 Å². The van der Waals surface area contributed by atoms with Crippen LogP contribution in [0.25, 0.3) is 0 Å². The molecule has 1 unspecified atom stereocenters. The first-order chi connectivity index (χ1) is 11.6. The summed E-state index contributed by atoms with van der Waals surface area (Å²) in [4.78, 5) is 27.4. The van der Waals surface area contributed by atoms with Gasteiger partial charge in [-0.25, -0.2) is 4.98 Å². The van der Waals surface area contributed by atoms with Crippen LogP contribution in [0.5, 0.6) is 0 Å². The minimum atomic E-state index is -0.776. The molecule has 2 amide bonds. The molecule has 2 aromatic rings. The predicted octanol–water partition coefficient (Wildman–Crippen LogP) is 0.687.